The van der Waals surface area contributed by atoms with E-state index in [0.717, 1.165) is 0 Å². The largest absolute Gasteiger partial charge is 0.375 e. The van der Waals surface area contributed by atoms with Crippen LogP contribution in [0, 0.1) is 0 Å². The van der Waals surface area contributed by atoms with E-state index < -0.39 is 0 Å². The van der Waals surface area contributed by atoms with Gasteiger partial charge in [-0.25, -0.2) is 4.98 Å². The molecule has 0 aliphatic carbocycles. The summed E-state index contributed by atoms with van der Waals surface area (Å²) in [5, 5.41) is 10.1. The molecule has 1 aliphatic heterocycles. The van der Waals surface area contributed by atoms with Gasteiger partial charge >= 0.3 is 0 Å². The van der Waals surface area contributed by atoms with Crippen molar-refractivity contribution < 1.29 is 9.53 Å². The summed E-state index contributed by atoms with van der Waals surface area (Å²) in [5.74, 6) is -0.0326. The average molecular weight is 326 g/mol. The second-order valence-corrected chi connectivity index (χ2v) is 4.53. The summed E-state index contributed by atoms with van der Waals surface area (Å²) >= 11 is 0. The molecule has 3 atom stereocenters. The summed E-state index contributed by atoms with van der Waals surface area (Å²) in [5.41, 5.74) is 0. The summed E-state index contributed by atoms with van der Waals surface area (Å²) in [6, 6.07) is -0.285. The number of nitrogens with one attached hydrogen (secondary N) is 2. The number of hydrogen-bond donors (Lipinski definition) is 2. The number of carbonyl (C=O) groups excluding carboxylic acids is 1. The fraction of sp³-hybridized carbons (Fsp3) is 0.727. The van der Waals surface area contributed by atoms with E-state index >= 15 is 0 Å². The summed E-state index contributed by atoms with van der Waals surface area (Å²) in [6.45, 7) is 5.81. The minimum absolute atomic E-state index is 0. The van der Waals surface area contributed by atoms with Gasteiger partial charge in [0.2, 0.25) is 5.91 Å². The fourth-order valence-electron chi connectivity index (χ4n) is 2.01. The van der Waals surface area contributed by atoms with Crippen LogP contribution in [-0.4, -0.2) is 52.0 Å². The molecule has 1 aromatic rings. The maximum Gasteiger partial charge on any atom is 0.240 e. The van der Waals surface area contributed by atoms with Gasteiger partial charge in [-0.1, -0.05) is 0 Å². The molecule has 0 aromatic carbocycles. The van der Waals surface area contributed by atoms with E-state index in [1.165, 1.54) is 6.33 Å². The zero-order valence-corrected chi connectivity index (χ0v) is 13.1. The molecule has 2 N–H and O–H groups in total. The maximum atomic E-state index is 12.0. The van der Waals surface area contributed by atoms with Gasteiger partial charge in [0.05, 0.1) is 19.3 Å². The predicted octanol–water partition coefficient (Wildman–Crippen LogP) is 0.00330. The predicted molar refractivity (Wildman–Crippen MR) is 79.3 cm³/mol. The van der Waals surface area contributed by atoms with Gasteiger partial charge in [0.15, 0.2) is 0 Å². The van der Waals surface area contributed by atoms with E-state index in [0.29, 0.717) is 19.7 Å². The molecule has 0 spiro atoms. The molecule has 20 heavy (non-hydrogen) atoms. The van der Waals surface area contributed by atoms with Crippen molar-refractivity contribution in [2.75, 3.05) is 13.2 Å². The number of nitrogens with zero attached hydrogens (tertiary/aromatic N) is 3. The molecule has 1 unspecified atom stereocenters. The first-order valence-corrected chi connectivity index (χ1v) is 6.14. The zero-order chi connectivity index (χ0) is 13.0. The number of carbonyl (C=O) groups is 1. The van der Waals surface area contributed by atoms with E-state index in [4.69, 9.17) is 4.74 Å². The summed E-state index contributed by atoms with van der Waals surface area (Å²) in [4.78, 5) is 15.9. The standard InChI is InChI=1S/C11H19N5O2.2ClH/c1-8(5-16-7-12-6-14-16)15-11(17)10-9(2)18-4-3-13-10;;/h6-10,13H,3-5H2,1-2H3,(H,15,17);2*1H/t8?,9-,10+;;/m1../s1. The first kappa shape index (κ1) is 19.1. The van der Waals surface area contributed by atoms with E-state index in [1.807, 2.05) is 13.8 Å². The normalized spacial score (nSPS) is 23.1. The van der Waals surface area contributed by atoms with Crippen LogP contribution in [0.2, 0.25) is 0 Å². The van der Waals surface area contributed by atoms with Gasteiger partial charge in [0.25, 0.3) is 0 Å². The molecular formula is C11H21Cl2N5O2. The number of morpholine rings is 1. The third kappa shape index (κ3) is 5.24. The lowest BCUT2D eigenvalue weighted by molar-refractivity contribution is -0.129. The van der Waals surface area contributed by atoms with Crippen LogP contribution in [0.5, 0.6) is 0 Å². The molecular weight excluding hydrogens is 305 g/mol. The van der Waals surface area contributed by atoms with Crippen molar-refractivity contribution >= 4 is 30.7 Å². The van der Waals surface area contributed by atoms with Crippen molar-refractivity contribution in [2.24, 2.45) is 0 Å². The highest BCUT2D eigenvalue weighted by atomic mass is 35.5. The van der Waals surface area contributed by atoms with E-state index in [9.17, 15) is 4.79 Å². The minimum Gasteiger partial charge on any atom is -0.375 e. The topological polar surface area (TPSA) is 81.1 Å². The van der Waals surface area contributed by atoms with Crippen molar-refractivity contribution in [3.05, 3.63) is 12.7 Å². The molecule has 2 heterocycles. The summed E-state index contributed by atoms with van der Waals surface area (Å²) in [7, 11) is 0. The lowest BCUT2D eigenvalue weighted by Gasteiger charge is -2.30. The molecule has 116 valence electrons. The highest BCUT2D eigenvalue weighted by molar-refractivity contribution is 5.85. The Balaban J connectivity index is 0.00000180. The third-order valence-electron chi connectivity index (χ3n) is 2.92. The van der Waals surface area contributed by atoms with Crippen molar-refractivity contribution in [3.8, 4) is 0 Å². The van der Waals surface area contributed by atoms with Crippen molar-refractivity contribution in [3.63, 3.8) is 0 Å². The monoisotopic (exact) mass is 325 g/mol. The average Bonchev–Trinajstić information content (AvgIpc) is 2.82. The van der Waals surface area contributed by atoms with Crippen LogP contribution in [-0.2, 0) is 16.1 Å². The summed E-state index contributed by atoms with van der Waals surface area (Å²) in [6.07, 6.45) is 3.01. The Morgan fingerprint density at radius 2 is 2.35 bits per heavy atom. The van der Waals surface area contributed by atoms with Crippen molar-refractivity contribution in [2.45, 2.75) is 38.6 Å². The Morgan fingerprint density at radius 1 is 1.60 bits per heavy atom. The Bertz CT molecular complexity index is 390. The van der Waals surface area contributed by atoms with Crippen LogP contribution < -0.4 is 10.6 Å². The lowest BCUT2D eigenvalue weighted by atomic mass is 10.1. The highest BCUT2D eigenvalue weighted by Gasteiger charge is 2.28. The number of amides is 1. The Hall–Kier alpha value is -0.890. The maximum absolute atomic E-state index is 12.0. The molecule has 0 bridgehead atoms. The van der Waals surface area contributed by atoms with Crippen molar-refractivity contribution in [1.82, 2.24) is 25.4 Å². The number of hydrogen-bond acceptors (Lipinski definition) is 5. The van der Waals surface area contributed by atoms with Gasteiger partial charge in [-0.3, -0.25) is 9.48 Å². The van der Waals surface area contributed by atoms with Gasteiger partial charge in [0.1, 0.15) is 18.7 Å². The Labute approximate surface area is 130 Å². The van der Waals surface area contributed by atoms with Gasteiger partial charge in [-0.05, 0) is 13.8 Å². The molecule has 1 amide bonds. The van der Waals surface area contributed by atoms with Crippen LogP contribution in [0.1, 0.15) is 13.8 Å². The van der Waals surface area contributed by atoms with E-state index in [2.05, 4.69) is 20.7 Å². The van der Waals surface area contributed by atoms with E-state index in [-0.39, 0.29) is 48.9 Å². The number of ether oxygens (including phenoxy) is 1. The number of aromatic nitrogens is 3. The first-order valence-electron chi connectivity index (χ1n) is 6.14. The quantitative estimate of drug-likeness (QED) is 0.814. The molecule has 2 rings (SSSR count). The van der Waals surface area contributed by atoms with Gasteiger partial charge in [-0.2, -0.15) is 5.10 Å². The molecule has 9 heteroatoms. The van der Waals surface area contributed by atoms with Gasteiger partial charge < -0.3 is 15.4 Å². The smallest absolute Gasteiger partial charge is 0.240 e. The summed E-state index contributed by atoms with van der Waals surface area (Å²) < 4.78 is 7.14. The second kappa shape index (κ2) is 9.12. The number of rotatable bonds is 4. The molecule has 0 radical (unpaired) electrons. The van der Waals surface area contributed by atoms with E-state index in [1.54, 1.807) is 11.0 Å². The lowest BCUT2D eigenvalue weighted by Crippen LogP contribution is -2.57. The third-order valence-corrected chi connectivity index (χ3v) is 2.92. The zero-order valence-electron chi connectivity index (χ0n) is 11.5. The van der Waals surface area contributed by atoms with Crippen LogP contribution >= 0.6 is 24.8 Å². The molecule has 0 saturated carbocycles. The van der Waals surface area contributed by atoms with Crippen LogP contribution in [0.3, 0.4) is 0 Å². The molecule has 1 aliphatic rings. The van der Waals surface area contributed by atoms with Gasteiger partial charge in [-0.15, -0.1) is 24.8 Å². The molecule has 1 saturated heterocycles. The van der Waals surface area contributed by atoms with Crippen LogP contribution in [0.4, 0.5) is 0 Å². The SMILES string of the molecule is CC(Cn1cncn1)NC(=O)[C@H]1NCCO[C@@H]1C.Cl.Cl. The van der Waals surface area contributed by atoms with Crippen LogP contribution in [0.25, 0.3) is 0 Å². The molecule has 7 nitrogen and oxygen atoms in total. The van der Waals surface area contributed by atoms with Gasteiger partial charge in [0, 0.05) is 12.6 Å². The van der Waals surface area contributed by atoms with Crippen molar-refractivity contribution in [1.29, 1.82) is 0 Å². The highest BCUT2D eigenvalue weighted by Crippen LogP contribution is 2.04. The van der Waals surface area contributed by atoms with Crippen LogP contribution in [0.15, 0.2) is 12.7 Å². The Morgan fingerprint density at radius 3 is 2.95 bits per heavy atom. The number of halogens is 2. The first-order chi connectivity index (χ1) is 8.66. The fourth-order valence-corrected chi connectivity index (χ4v) is 2.01. The second-order valence-electron chi connectivity index (χ2n) is 4.53. The molecule has 1 aromatic heterocycles. The minimum atomic E-state index is -0.281. The Kier molecular flexibility index (Phi) is 8.71. The molecule has 1 fully saturated rings.